The third-order valence-corrected chi connectivity index (χ3v) is 4.10. The Morgan fingerprint density at radius 1 is 1.00 bits per heavy atom. The predicted molar refractivity (Wildman–Crippen MR) is 104 cm³/mol. The van der Waals surface area contributed by atoms with Gasteiger partial charge in [-0.15, -0.1) is 0 Å². The number of hydrogen-bond acceptors (Lipinski definition) is 6. The van der Waals surface area contributed by atoms with Gasteiger partial charge in [-0.1, -0.05) is 36.4 Å². The number of fused-ring (bicyclic) bond motifs is 1. The molecule has 0 aliphatic heterocycles. The summed E-state index contributed by atoms with van der Waals surface area (Å²) in [5.74, 6) is -3.10. The van der Waals surface area contributed by atoms with Gasteiger partial charge < -0.3 is 15.5 Å². The molecule has 9 nitrogen and oxygen atoms in total. The number of anilines is 1. The zero-order valence-electron chi connectivity index (χ0n) is 15.3. The molecule has 0 radical (unpaired) electrons. The molecule has 0 fully saturated rings. The molecule has 0 saturated heterocycles. The van der Waals surface area contributed by atoms with Crippen LogP contribution in [-0.2, 0) is 16.1 Å². The minimum Gasteiger partial charge on any atom is -0.493 e. The number of nitrogens with zero attached hydrogens (tertiary/aromatic N) is 2. The maximum Gasteiger partial charge on any atom is 0.303 e. The summed E-state index contributed by atoms with van der Waals surface area (Å²) in [7, 11) is 0. The van der Waals surface area contributed by atoms with E-state index in [2.05, 4.69) is 20.6 Å². The van der Waals surface area contributed by atoms with Crippen molar-refractivity contribution in [2.24, 2.45) is 0 Å². The second kappa shape index (κ2) is 8.79. The number of rotatable bonds is 7. The van der Waals surface area contributed by atoms with E-state index in [9.17, 15) is 19.5 Å². The number of carbonyl (C=O) groups is 3. The Morgan fingerprint density at radius 2 is 1.76 bits per heavy atom. The van der Waals surface area contributed by atoms with Gasteiger partial charge in [0.05, 0.1) is 6.42 Å². The van der Waals surface area contributed by atoms with E-state index in [-0.39, 0.29) is 30.9 Å². The van der Waals surface area contributed by atoms with Crippen molar-refractivity contribution in [3.63, 3.8) is 0 Å². The van der Waals surface area contributed by atoms with E-state index in [1.165, 1.54) is 0 Å². The third-order valence-electron chi connectivity index (χ3n) is 4.10. The molecule has 0 aliphatic carbocycles. The lowest BCUT2D eigenvalue weighted by Gasteiger charge is -2.08. The van der Waals surface area contributed by atoms with E-state index in [0.717, 1.165) is 22.5 Å². The lowest BCUT2D eigenvalue weighted by molar-refractivity contribution is -0.138. The number of aromatic nitrogens is 2. The minimum atomic E-state index is -1.11. The summed E-state index contributed by atoms with van der Waals surface area (Å²) in [5, 5.41) is 25.6. The summed E-state index contributed by atoms with van der Waals surface area (Å²) >= 11 is 0. The monoisotopic (exact) mass is 394 g/mol. The number of amides is 2. The van der Waals surface area contributed by atoms with Crippen LogP contribution in [0.3, 0.4) is 0 Å². The molecule has 1 aromatic heterocycles. The summed E-state index contributed by atoms with van der Waals surface area (Å²) in [4.78, 5) is 41.8. The van der Waals surface area contributed by atoms with Crippen molar-refractivity contribution < 1.29 is 24.6 Å². The smallest absolute Gasteiger partial charge is 0.303 e. The molecule has 2 aromatic carbocycles. The van der Waals surface area contributed by atoms with Gasteiger partial charge in [-0.2, -0.15) is 4.98 Å². The highest BCUT2D eigenvalue weighted by Gasteiger charge is 2.15. The Balaban J connectivity index is 1.61. The van der Waals surface area contributed by atoms with Crippen molar-refractivity contribution in [2.75, 3.05) is 5.32 Å². The molecule has 2 amide bonds. The molecule has 3 aromatic rings. The summed E-state index contributed by atoms with van der Waals surface area (Å²) in [6, 6.07) is 13.7. The lowest BCUT2D eigenvalue weighted by atomic mass is 10.1. The van der Waals surface area contributed by atoms with Crippen molar-refractivity contribution in [3.8, 4) is 5.88 Å². The maximum absolute atomic E-state index is 12.3. The zero-order chi connectivity index (χ0) is 20.8. The molecule has 9 heteroatoms. The van der Waals surface area contributed by atoms with Gasteiger partial charge in [-0.3, -0.25) is 19.7 Å². The van der Waals surface area contributed by atoms with Crippen molar-refractivity contribution in [2.45, 2.75) is 19.4 Å². The second-order valence-electron chi connectivity index (χ2n) is 6.24. The standard InChI is InChI=1S/C20H18N4O5/c25-16(7-8-17(26)27)23-20-22-11-15(19(29)24-20)18(28)21-10-12-5-6-13-3-1-2-4-14(13)9-12/h1-6,9,11H,7-8,10H2,(H,21,28)(H,26,27)(H2,22,23,24,25,29). The first-order valence-electron chi connectivity index (χ1n) is 8.76. The van der Waals surface area contributed by atoms with E-state index in [0.29, 0.717) is 0 Å². The van der Waals surface area contributed by atoms with Gasteiger partial charge in [0.25, 0.3) is 5.91 Å². The molecule has 0 spiro atoms. The molecule has 29 heavy (non-hydrogen) atoms. The van der Waals surface area contributed by atoms with Crippen molar-refractivity contribution in [1.29, 1.82) is 0 Å². The van der Waals surface area contributed by atoms with E-state index >= 15 is 0 Å². The molecule has 0 unspecified atom stereocenters. The Morgan fingerprint density at radius 3 is 2.48 bits per heavy atom. The number of carboxylic acids is 1. The topological polar surface area (TPSA) is 142 Å². The summed E-state index contributed by atoms with van der Waals surface area (Å²) < 4.78 is 0. The van der Waals surface area contributed by atoms with Crippen LogP contribution < -0.4 is 10.6 Å². The van der Waals surface area contributed by atoms with Crippen molar-refractivity contribution in [3.05, 3.63) is 59.8 Å². The fourth-order valence-electron chi connectivity index (χ4n) is 2.63. The van der Waals surface area contributed by atoms with Crippen LogP contribution >= 0.6 is 0 Å². The van der Waals surface area contributed by atoms with Gasteiger partial charge in [0.15, 0.2) is 0 Å². The SMILES string of the molecule is O=C(O)CCC(=O)Nc1ncc(C(=O)NCc2ccc3ccccc3c2)c(O)n1. The number of aliphatic carboxylic acids is 1. The highest BCUT2D eigenvalue weighted by Crippen LogP contribution is 2.17. The molecular weight excluding hydrogens is 376 g/mol. The largest absolute Gasteiger partial charge is 0.493 e. The van der Waals surface area contributed by atoms with Crippen LogP contribution in [0.25, 0.3) is 10.8 Å². The highest BCUT2D eigenvalue weighted by molar-refractivity contribution is 5.96. The van der Waals surface area contributed by atoms with Crippen LogP contribution in [0.1, 0.15) is 28.8 Å². The van der Waals surface area contributed by atoms with E-state index in [1.807, 2.05) is 42.5 Å². The van der Waals surface area contributed by atoms with Crippen LogP contribution in [-0.4, -0.2) is 38.0 Å². The van der Waals surface area contributed by atoms with Crippen molar-refractivity contribution >= 4 is 34.5 Å². The molecule has 1 heterocycles. The lowest BCUT2D eigenvalue weighted by Crippen LogP contribution is -2.23. The number of aromatic hydroxyl groups is 1. The van der Waals surface area contributed by atoms with Crippen LogP contribution in [0.15, 0.2) is 48.7 Å². The van der Waals surface area contributed by atoms with Gasteiger partial charge in [0.2, 0.25) is 17.7 Å². The number of carboxylic acid groups (broad SMARTS) is 1. The molecule has 3 rings (SSSR count). The molecule has 0 saturated carbocycles. The van der Waals surface area contributed by atoms with Crippen LogP contribution in [0.2, 0.25) is 0 Å². The van der Waals surface area contributed by atoms with E-state index in [1.54, 1.807) is 0 Å². The minimum absolute atomic E-state index is 0.144. The number of hydrogen-bond donors (Lipinski definition) is 4. The molecule has 4 N–H and O–H groups in total. The molecule has 0 atom stereocenters. The Labute approximate surface area is 165 Å². The molecule has 0 aliphatic rings. The zero-order valence-corrected chi connectivity index (χ0v) is 15.3. The van der Waals surface area contributed by atoms with Gasteiger partial charge in [-0.25, -0.2) is 4.98 Å². The molecule has 148 valence electrons. The van der Waals surface area contributed by atoms with Crippen LogP contribution in [0, 0.1) is 0 Å². The first-order valence-corrected chi connectivity index (χ1v) is 8.76. The summed E-state index contributed by atoms with van der Waals surface area (Å²) in [5.41, 5.74) is 0.745. The Bertz CT molecular complexity index is 1080. The second-order valence-corrected chi connectivity index (χ2v) is 6.24. The first kappa shape index (κ1) is 19.7. The van der Waals surface area contributed by atoms with Crippen molar-refractivity contribution in [1.82, 2.24) is 15.3 Å². The predicted octanol–water partition coefficient (Wildman–Crippen LogP) is 2.07. The average molecular weight is 394 g/mol. The summed E-state index contributed by atoms with van der Waals surface area (Å²) in [6.45, 7) is 0.247. The quantitative estimate of drug-likeness (QED) is 0.480. The first-order chi connectivity index (χ1) is 13.9. The number of nitrogens with one attached hydrogen (secondary N) is 2. The fraction of sp³-hybridized carbons (Fsp3) is 0.150. The molecule has 0 bridgehead atoms. The van der Waals surface area contributed by atoms with Gasteiger partial charge >= 0.3 is 5.97 Å². The van der Waals surface area contributed by atoms with Crippen LogP contribution in [0.4, 0.5) is 5.95 Å². The Hall–Kier alpha value is -4.01. The summed E-state index contributed by atoms with van der Waals surface area (Å²) in [6.07, 6.45) is 0.491. The normalized spacial score (nSPS) is 10.5. The highest BCUT2D eigenvalue weighted by atomic mass is 16.4. The van der Waals surface area contributed by atoms with E-state index in [4.69, 9.17) is 5.11 Å². The number of benzene rings is 2. The van der Waals surface area contributed by atoms with Crippen LogP contribution in [0.5, 0.6) is 5.88 Å². The van der Waals surface area contributed by atoms with Gasteiger partial charge in [-0.05, 0) is 22.4 Å². The fourth-order valence-corrected chi connectivity index (χ4v) is 2.63. The average Bonchev–Trinajstić information content (AvgIpc) is 2.70. The van der Waals surface area contributed by atoms with Gasteiger partial charge in [0, 0.05) is 19.2 Å². The maximum atomic E-state index is 12.3. The van der Waals surface area contributed by atoms with Gasteiger partial charge in [0.1, 0.15) is 5.56 Å². The molecular formula is C20H18N4O5. The number of carbonyl (C=O) groups excluding carboxylic acids is 2. The Kier molecular flexibility index (Phi) is 5.98. The van der Waals surface area contributed by atoms with E-state index < -0.39 is 23.7 Å². The third kappa shape index (κ3) is 5.25.